The van der Waals surface area contributed by atoms with E-state index in [0.717, 1.165) is 16.6 Å². The van der Waals surface area contributed by atoms with Gasteiger partial charge in [-0.05, 0) is 37.3 Å². The van der Waals surface area contributed by atoms with Gasteiger partial charge in [-0.3, -0.25) is 0 Å². The average Bonchev–Trinajstić information content (AvgIpc) is 3.40. The van der Waals surface area contributed by atoms with Crippen LogP contribution in [0.25, 0.3) is 38.8 Å². The van der Waals surface area contributed by atoms with Crippen LogP contribution in [0.3, 0.4) is 0 Å². The number of fused-ring (bicyclic) bond motifs is 4. The van der Waals surface area contributed by atoms with Crippen molar-refractivity contribution in [3.05, 3.63) is 90.9 Å². The standard InChI is InChI=1S/C24H17N5O2S/c1-16-14-22-26-23(19-10-5-6-12-21(19)29(22)27-16)20-15-28(24-18(20)11-7-13-25-24)32(30,31)17-8-3-2-4-9-17/h2-15H,1H3. The number of hydrogen-bond donors (Lipinski definition) is 0. The molecule has 0 unspecified atom stereocenters. The summed E-state index contributed by atoms with van der Waals surface area (Å²) in [6.07, 6.45) is 3.21. The van der Waals surface area contributed by atoms with Gasteiger partial charge in [0.25, 0.3) is 10.0 Å². The Bertz CT molecular complexity index is 1750. The van der Waals surface area contributed by atoms with E-state index in [1.165, 1.54) is 3.97 Å². The van der Waals surface area contributed by atoms with Gasteiger partial charge in [-0.25, -0.2) is 26.9 Å². The Morgan fingerprint density at radius 1 is 0.875 bits per heavy atom. The molecule has 4 heterocycles. The summed E-state index contributed by atoms with van der Waals surface area (Å²) in [4.78, 5) is 9.48. The van der Waals surface area contributed by atoms with Crippen LogP contribution in [-0.2, 0) is 10.0 Å². The molecule has 6 rings (SSSR count). The number of nitrogens with zero attached hydrogens (tertiary/aromatic N) is 5. The van der Waals surface area contributed by atoms with Crippen LogP contribution < -0.4 is 0 Å². The summed E-state index contributed by atoms with van der Waals surface area (Å²) >= 11 is 0. The fourth-order valence-electron chi connectivity index (χ4n) is 4.09. The van der Waals surface area contributed by atoms with E-state index in [0.29, 0.717) is 27.9 Å². The van der Waals surface area contributed by atoms with Gasteiger partial charge >= 0.3 is 0 Å². The van der Waals surface area contributed by atoms with Gasteiger partial charge in [0.15, 0.2) is 11.3 Å². The molecule has 2 aromatic carbocycles. The highest BCUT2D eigenvalue weighted by Gasteiger charge is 2.24. The SMILES string of the molecule is Cc1cc2nc(-c3cn(S(=O)(=O)c4ccccc4)c4ncccc34)c3ccccc3n2n1. The predicted octanol–water partition coefficient (Wildman–Crippen LogP) is 4.44. The fourth-order valence-corrected chi connectivity index (χ4v) is 5.44. The van der Waals surface area contributed by atoms with Crippen LogP contribution in [0, 0.1) is 6.92 Å². The fraction of sp³-hybridized carbons (Fsp3) is 0.0417. The molecule has 32 heavy (non-hydrogen) atoms. The van der Waals surface area contributed by atoms with E-state index in [1.54, 1.807) is 48.8 Å². The molecule has 4 aromatic heterocycles. The molecule has 6 aromatic rings. The van der Waals surface area contributed by atoms with Gasteiger partial charge in [0.1, 0.15) is 0 Å². The lowest BCUT2D eigenvalue weighted by atomic mass is 10.1. The minimum Gasteiger partial charge on any atom is -0.237 e. The Labute approximate surface area is 183 Å². The second-order valence-electron chi connectivity index (χ2n) is 7.56. The molecule has 0 atom stereocenters. The van der Waals surface area contributed by atoms with Crippen LogP contribution in [0.5, 0.6) is 0 Å². The van der Waals surface area contributed by atoms with E-state index in [-0.39, 0.29) is 4.90 Å². The third kappa shape index (κ3) is 2.66. The van der Waals surface area contributed by atoms with Crippen molar-refractivity contribution in [3.8, 4) is 11.3 Å². The number of hydrogen-bond acceptors (Lipinski definition) is 5. The second-order valence-corrected chi connectivity index (χ2v) is 9.38. The first kappa shape index (κ1) is 18.7. The van der Waals surface area contributed by atoms with Crippen LogP contribution >= 0.6 is 0 Å². The number of rotatable bonds is 3. The third-order valence-electron chi connectivity index (χ3n) is 5.51. The van der Waals surface area contributed by atoms with Crippen molar-refractivity contribution in [3.63, 3.8) is 0 Å². The van der Waals surface area contributed by atoms with E-state index in [4.69, 9.17) is 4.98 Å². The Hall–Kier alpha value is -4.04. The largest absolute Gasteiger partial charge is 0.269 e. The van der Waals surface area contributed by atoms with Crippen molar-refractivity contribution in [2.75, 3.05) is 0 Å². The van der Waals surface area contributed by atoms with E-state index >= 15 is 0 Å². The normalized spacial score (nSPS) is 12.2. The molecule has 7 nitrogen and oxygen atoms in total. The molecule has 0 radical (unpaired) electrons. The number of aromatic nitrogens is 5. The van der Waals surface area contributed by atoms with Crippen molar-refractivity contribution in [1.29, 1.82) is 0 Å². The van der Waals surface area contributed by atoms with Gasteiger partial charge in [0.2, 0.25) is 0 Å². The Kier molecular flexibility index (Phi) is 3.93. The van der Waals surface area contributed by atoms with Crippen molar-refractivity contribution in [2.45, 2.75) is 11.8 Å². The minimum atomic E-state index is -3.84. The van der Waals surface area contributed by atoms with Gasteiger partial charge in [0.05, 0.1) is 21.8 Å². The lowest BCUT2D eigenvalue weighted by molar-refractivity contribution is 0.589. The minimum absolute atomic E-state index is 0.203. The molecule has 0 amide bonds. The topological polar surface area (TPSA) is 82.1 Å². The zero-order valence-corrected chi connectivity index (χ0v) is 17.9. The molecule has 0 spiro atoms. The molecule has 8 heteroatoms. The molecular weight excluding hydrogens is 422 g/mol. The summed E-state index contributed by atoms with van der Waals surface area (Å²) in [7, 11) is -3.84. The van der Waals surface area contributed by atoms with Crippen molar-refractivity contribution in [1.82, 2.24) is 23.6 Å². The van der Waals surface area contributed by atoms with Crippen LogP contribution in [-0.4, -0.2) is 32.0 Å². The lowest BCUT2D eigenvalue weighted by Crippen LogP contribution is -2.12. The zero-order valence-electron chi connectivity index (χ0n) is 17.0. The molecule has 0 aliphatic carbocycles. The van der Waals surface area contributed by atoms with Gasteiger partial charge < -0.3 is 0 Å². The molecule has 156 valence electrons. The predicted molar refractivity (Wildman–Crippen MR) is 123 cm³/mol. The first-order chi connectivity index (χ1) is 15.5. The summed E-state index contributed by atoms with van der Waals surface area (Å²) in [6, 6.07) is 21.8. The van der Waals surface area contributed by atoms with Crippen LogP contribution in [0.1, 0.15) is 5.69 Å². The summed E-state index contributed by atoms with van der Waals surface area (Å²) in [5, 5.41) is 6.15. The van der Waals surface area contributed by atoms with Crippen LogP contribution in [0.4, 0.5) is 0 Å². The molecule has 0 fully saturated rings. The molecule has 0 aliphatic heterocycles. The average molecular weight is 440 g/mol. The maximum absolute atomic E-state index is 13.5. The Balaban J connectivity index is 1.71. The molecule has 0 N–H and O–H groups in total. The first-order valence-electron chi connectivity index (χ1n) is 10.1. The van der Waals surface area contributed by atoms with Gasteiger partial charge in [-0.15, -0.1) is 0 Å². The summed E-state index contributed by atoms with van der Waals surface area (Å²) < 4.78 is 30.0. The van der Waals surface area contributed by atoms with Crippen molar-refractivity contribution in [2.24, 2.45) is 0 Å². The molecular formula is C24H17N5O2S. The zero-order chi connectivity index (χ0) is 21.9. The highest BCUT2D eigenvalue weighted by atomic mass is 32.2. The van der Waals surface area contributed by atoms with Gasteiger partial charge in [0, 0.05) is 34.8 Å². The lowest BCUT2D eigenvalue weighted by Gasteiger charge is -2.07. The number of pyridine rings is 1. The number of aryl methyl sites for hydroxylation is 1. The Morgan fingerprint density at radius 3 is 2.47 bits per heavy atom. The van der Waals surface area contributed by atoms with Gasteiger partial charge in [-0.2, -0.15) is 5.10 Å². The maximum Gasteiger partial charge on any atom is 0.269 e. The maximum atomic E-state index is 13.5. The van der Waals surface area contributed by atoms with Crippen molar-refractivity contribution >= 4 is 37.6 Å². The molecule has 0 saturated carbocycles. The Morgan fingerprint density at radius 2 is 1.62 bits per heavy atom. The first-order valence-corrected chi connectivity index (χ1v) is 11.5. The number of benzene rings is 2. The molecule has 0 aliphatic rings. The number of para-hydroxylation sites is 1. The van der Waals surface area contributed by atoms with E-state index in [1.807, 2.05) is 47.8 Å². The van der Waals surface area contributed by atoms with Crippen LogP contribution in [0.15, 0.2) is 90.1 Å². The summed E-state index contributed by atoms with van der Waals surface area (Å²) in [5.74, 6) is 0. The van der Waals surface area contributed by atoms with E-state index in [2.05, 4.69) is 10.1 Å². The van der Waals surface area contributed by atoms with Gasteiger partial charge in [-0.1, -0.05) is 36.4 Å². The summed E-state index contributed by atoms with van der Waals surface area (Å²) in [6.45, 7) is 1.92. The highest BCUT2D eigenvalue weighted by molar-refractivity contribution is 7.90. The van der Waals surface area contributed by atoms with E-state index < -0.39 is 10.0 Å². The second kappa shape index (κ2) is 6.73. The highest BCUT2D eigenvalue weighted by Crippen LogP contribution is 2.35. The molecule has 0 saturated heterocycles. The third-order valence-corrected chi connectivity index (χ3v) is 7.18. The van der Waals surface area contributed by atoms with Crippen LogP contribution in [0.2, 0.25) is 0 Å². The molecule has 0 bridgehead atoms. The van der Waals surface area contributed by atoms with E-state index in [9.17, 15) is 8.42 Å². The quantitative estimate of drug-likeness (QED) is 0.407. The summed E-state index contributed by atoms with van der Waals surface area (Å²) in [5.41, 5.74) is 4.21. The monoisotopic (exact) mass is 439 g/mol. The smallest absolute Gasteiger partial charge is 0.237 e. The van der Waals surface area contributed by atoms with Crippen molar-refractivity contribution < 1.29 is 8.42 Å².